The minimum Gasteiger partial charge on any atom is -0.469 e. The summed E-state index contributed by atoms with van der Waals surface area (Å²) in [6.07, 6.45) is 2.35. The molecule has 5 nitrogen and oxygen atoms in total. The largest absolute Gasteiger partial charge is 0.469 e. The summed E-state index contributed by atoms with van der Waals surface area (Å²) in [6, 6.07) is -0.317. The fourth-order valence-electron chi connectivity index (χ4n) is 2.83. The first kappa shape index (κ1) is 14.2. The van der Waals surface area contributed by atoms with E-state index in [9.17, 15) is 14.0 Å². The average Bonchev–Trinajstić information content (AvgIpc) is 2.85. The highest BCUT2D eigenvalue weighted by Gasteiger charge is 2.32. The van der Waals surface area contributed by atoms with Crippen molar-refractivity contribution >= 4 is 11.9 Å². The molecule has 0 spiro atoms. The van der Waals surface area contributed by atoms with Gasteiger partial charge in [-0.25, -0.2) is 4.39 Å². The van der Waals surface area contributed by atoms with Gasteiger partial charge in [0.15, 0.2) is 0 Å². The lowest BCUT2D eigenvalue weighted by molar-refractivity contribution is -0.146. The molecule has 2 fully saturated rings. The molecule has 0 aromatic carbocycles. The molecular weight excluding hydrogens is 251 g/mol. The van der Waals surface area contributed by atoms with Gasteiger partial charge in [-0.05, 0) is 25.7 Å². The summed E-state index contributed by atoms with van der Waals surface area (Å²) in [5.74, 6) is -0.331. The lowest BCUT2D eigenvalue weighted by atomic mass is 9.86. The van der Waals surface area contributed by atoms with Crippen molar-refractivity contribution in [2.75, 3.05) is 13.7 Å². The predicted molar refractivity (Wildman–Crippen MR) is 67.2 cm³/mol. The number of methoxy groups -OCH3 is 1. The lowest BCUT2D eigenvalue weighted by Crippen LogP contribution is -2.46. The molecule has 1 heterocycles. The highest BCUT2D eigenvalue weighted by Crippen LogP contribution is 2.25. The second-order valence-corrected chi connectivity index (χ2v) is 5.37. The highest BCUT2D eigenvalue weighted by molar-refractivity contribution is 5.82. The fourth-order valence-corrected chi connectivity index (χ4v) is 2.83. The number of rotatable bonds is 3. The maximum atomic E-state index is 13.0. The summed E-state index contributed by atoms with van der Waals surface area (Å²) in [7, 11) is 1.40. The van der Waals surface area contributed by atoms with Gasteiger partial charge in [-0.2, -0.15) is 0 Å². The van der Waals surface area contributed by atoms with Gasteiger partial charge < -0.3 is 15.4 Å². The molecule has 19 heavy (non-hydrogen) atoms. The van der Waals surface area contributed by atoms with E-state index in [2.05, 4.69) is 10.6 Å². The smallest absolute Gasteiger partial charge is 0.308 e. The molecule has 2 rings (SSSR count). The van der Waals surface area contributed by atoms with Gasteiger partial charge in [-0.3, -0.25) is 9.59 Å². The van der Waals surface area contributed by atoms with E-state index in [0.29, 0.717) is 0 Å². The van der Waals surface area contributed by atoms with Gasteiger partial charge in [0.1, 0.15) is 6.17 Å². The Morgan fingerprint density at radius 1 is 1.26 bits per heavy atom. The molecule has 2 N–H and O–H groups in total. The number of carbonyl (C=O) groups excluding carboxylic acids is 2. The van der Waals surface area contributed by atoms with Gasteiger partial charge in [0.2, 0.25) is 5.91 Å². The summed E-state index contributed by atoms with van der Waals surface area (Å²) in [4.78, 5) is 23.3. The molecule has 1 aliphatic heterocycles. The van der Waals surface area contributed by atoms with Crippen LogP contribution >= 0.6 is 0 Å². The van der Waals surface area contributed by atoms with Crippen molar-refractivity contribution in [2.24, 2.45) is 5.92 Å². The minimum atomic E-state index is -0.925. The molecular formula is C13H21FN2O3. The summed E-state index contributed by atoms with van der Waals surface area (Å²) in [5, 5.41) is 5.81. The van der Waals surface area contributed by atoms with Crippen molar-refractivity contribution in [2.45, 2.75) is 50.4 Å². The second-order valence-electron chi connectivity index (χ2n) is 5.37. The highest BCUT2D eigenvalue weighted by atomic mass is 19.1. The average molecular weight is 272 g/mol. The number of amides is 1. The number of hydrogen-bond acceptors (Lipinski definition) is 4. The molecule has 6 heteroatoms. The van der Waals surface area contributed by atoms with Crippen LogP contribution in [0.3, 0.4) is 0 Å². The van der Waals surface area contributed by atoms with Gasteiger partial charge in [0.25, 0.3) is 0 Å². The summed E-state index contributed by atoms with van der Waals surface area (Å²) >= 11 is 0. The quantitative estimate of drug-likeness (QED) is 0.736. The molecule has 0 aromatic rings. The topological polar surface area (TPSA) is 67.4 Å². The third-order valence-electron chi connectivity index (χ3n) is 4.00. The molecule has 0 radical (unpaired) electrons. The monoisotopic (exact) mass is 272 g/mol. The second kappa shape index (κ2) is 6.32. The molecule has 2 atom stereocenters. The Bertz CT molecular complexity index is 343. The first-order valence-corrected chi connectivity index (χ1v) is 6.85. The van der Waals surface area contributed by atoms with Crippen molar-refractivity contribution in [1.82, 2.24) is 10.6 Å². The van der Waals surface area contributed by atoms with E-state index in [0.717, 1.165) is 25.7 Å². The van der Waals surface area contributed by atoms with Gasteiger partial charge in [0.05, 0.1) is 19.1 Å². The first-order chi connectivity index (χ1) is 9.10. The van der Waals surface area contributed by atoms with E-state index in [4.69, 9.17) is 4.74 Å². The zero-order chi connectivity index (χ0) is 13.8. The zero-order valence-corrected chi connectivity index (χ0v) is 11.2. The molecule has 0 bridgehead atoms. The molecule has 2 aliphatic rings. The Morgan fingerprint density at radius 2 is 1.95 bits per heavy atom. The number of esters is 1. The van der Waals surface area contributed by atoms with Gasteiger partial charge in [0, 0.05) is 19.0 Å². The Kier molecular flexibility index (Phi) is 4.74. The van der Waals surface area contributed by atoms with Crippen LogP contribution < -0.4 is 10.6 Å². The van der Waals surface area contributed by atoms with E-state index < -0.39 is 12.2 Å². The molecule has 1 aliphatic carbocycles. The van der Waals surface area contributed by atoms with Crippen LogP contribution in [-0.2, 0) is 14.3 Å². The van der Waals surface area contributed by atoms with Crippen molar-refractivity contribution in [3.63, 3.8) is 0 Å². The van der Waals surface area contributed by atoms with Crippen LogP contribution in [0.25, 0.3) is 0 Å². The Hall–Kier alpha value is -1.17. The number of alkyl halides is 1. The summed E-state index contributed by atoms with van der Waals surface area (Å²) in [5.41, 5.74) is 0. The van der Waals surface area contributed by atoms with Crippen molar-refractivity contribution in [3.05, 3.63) is 0 Å². The summed E-state index contributed by atoms with van der Waals surface area (Å²) < 4.78 is 17.7. The van der Waals surface area contributed by atoms with E-state index in [1.165, 1.54) is 7.11 Å². The maximum absolute atomic E-state index is 13.0. The molecule has 1 amide bonds. The van der Waals surface area contributed by atoms with Crippen molar-refractivity contribution < 1.29 is 18.7 Å². The Balaban J connectivity index is 1.73. The number of nitrogens with one attached hydrogen (secondary N) is 2. The van der Waals surface area contributed by atoms with Crippen molar-refractivity contribution in [1.29, 1.82) is 0 Å². The van der Waals surface area contributed by atoms with E-state index in [1.54, 1.807) is 0 Å². The van der Waals surface area contributed by atoms with Gasteiger partial charge in [-0.1, -0.05) is 0 Å². The van der Waals surface area contributed by atoms with Crippen molar-refractivity contribution in [3.8, 4) is 0 Å². The molecule has 1 saturated heterocycles. The lowest BCUT2D eigenvalue weighted by Gasteiger charge is -2.28. The van der Waals surface area contributed by atoms with Crippen LogP contribution in [0.1, 0.15) is 32.1 Å². The Morgan fingerprint density at radius 3 is 2.47 bits per heavy atom. The SMILES string of the molecule is COC(=O)[C@H]1CC[C@@H](NC(=O)[C@@H]2C[C@H](F)CN2)CC1. The molecule has 1 saturated carbocycles. The summed E-state index contributed by atoms with van der Waals surface area (Å²) in [6.45, 7) is 0.257. The zero-order valence-electron chi connectivity index (χ0n) is 11.2. The van der Waals surface area contributed by atoms with E-state index >= 15 is 0 Å². The third kappa shape index (κ3) is 3.65. The molecule has 0 aromatic heterocycles. The number of carbonyl (C=O) groups is 2. The number of hydrogen-bond donors (Lipinski definition) is 2. The number of ether oxygens (including phenoxy) is 1. The van der Waals surface area contributed by atoms with Crippen LogP contribution in [0.15, 0.2) is 0 Å². The van der Waals surface area contributed by atoms with Crippen LogP contribution in [0.5, 0.6) is 0 Å². The fraction of sp³-hybridized carbons (Fsp3) is 0.846. The van der Waals surface area contributed by atoms with Crippen LogP contribution in [0.4, 0.5) is 4.39 Å². The first-order valence-electron chi connectivity index (χ1n) is 6.85. The molecule has 108 valence electrons. The van der Waals surface area contributed by atoms with Crippen LogP contribution in [0.2, 0.25) is 0 Å². The van der Waals surface area contributed by atoms with Crippen LogP contribution in [0, 0.1) is 5.92 Å². The predicted octanol–water partition coefficient (Wildman–Crippen LogP) is 0.534. The Labute approximate surface area is 112 Å². The van der Waals surface area contributed by atoms with Gasteiger partial charge >= 0.3 is 5.97 Å². The third-order valence-corrected chi connectivity index (χ3v) is 4.00. The number of halogens is 1. The van der Waals surface area contributed by atoms with Gasteiger partial charge in [-0.15, -0.1) is 0 Å². The van der Waals surface area contributed by atoms with E-state index in [-0.39, 0.29) is 36.8 Å². The normalized spacial score (nSPS) is 34.8. The van der Waals surface area contributed by atoms with Crippen LogP contribution in [-0.4, -0.2) is 43.8 Å². The van der Waals surface area contributed by atoms with E-state index in [1.807, 2.05) is 0 Å². The standard InChI is InChI=1S/C13H21FN2O3/c1-19-13(18)8-2-4-10(5-3-8)16-12(17)11-6-9(14)7-15-11/h8-11,15H,2-7H2,1H3,(H,16,17)/t8-,9-,10+,11-/m0/s1. The maximum Gasteiger partial charge on any atom is 0.308 e. The molecule has 0 unspecified atom stereocenters. The minimum absolute atomic E-state index is 0.0435.